The minimum Gasteiger partial charge on any atom is -0.414 e. The van der Waals surface area contributed by atoms with Gasteiger partial charge in [-0.1, -0.05) is 33.8 Å². The van der Waals surface area contributed by atoms with Crippen LogP contribution in [0.4, 0.5) is 0 Å². The second-order valence-corrected chi connectivity index (χ2v) is 10.5. The molecule has 0 aromatic rings. The van der Waals surface area contributed by atoms with Crippen LogP contribution in [-0.2, 0) is 4.43 Å². The van der Waals surface area contributed by atoms with Gasteiger partial charge in [-0.2, -0.15) is 0 Å². The summed E-state index contributed by atoms with van der Waals surface area (Å²) in [7, 11) is -1.72. The zero-order valence-corrected chi connectivity index (χ0v) is 12.0. The molecule has 0 aliphatic carbocycles. The van der Waals surface area contributed by atoms with E-state index in [9.17, 15) is 5.11 Å². The quantitative estimate of drug-likeness (QED) is 0.580. The molecule has 0 heterocycles. The van der Waals surface area contributed by atoms with Gasteiger partial charge in [0.1, 0.15) is 0 Å². The summed E-state index contributed by atoms with van der Waals surface area (Å²) in [5, 5.41) is 9.97. The molecule has 3 heteroatoms. The van der Waals surface area contributed by atoms with Crippen molar-refractivity contribution in [1.82, 2.24) is 0 Å². The predicted octanol–water partition coefficient (Wildman–Crippen LogP) is 3.19. The van der Waals surface area contributed by atoms with Gasteiger partial charge in [0.05, 0.1) is 12.7 Å². The molecule has 0 fully saturated rings. The van der Waals surface area contributed by atoms with Gasteiger partial charge in [-0.3, -0.25) is 0 Å². The smallest absolute Gasteiger partial charge is 0.192 e. The van der Waals surface area contributed by atoms with Crippen LogP contribution in [-0.4, -0.2) is 26.1 Å². The third kappa shape index (κ3) is 4.49. The van der Waals surface area contributed by atoms with Crippen molar-refractivity contribution in [3.63, 3.8) is 0 Å². The molecule has 0 bridgehead atoms. The summed E-state index contributed by atoms with van der Waals surface area (Å²) in [6, 6.07) is 0. The van der Waals surface area contributed by atoms with E-state index in [-0.39, 0.29) is 11.0 Å². The van der Waals surface area contributed by atoms with Crippen LogP contribution in [0.2, 0.25) is 18.1 Å². The number of hydrogen-bond acceptors (Lipinski definition) is 2. The Balaban J connectivity index is 4.21. The fraction of sp³-hybridized carbons (Fsp3) is 0.833. The van der Waals surface area contributed by atoms with Crippen LogP contribution in [0.15, 0.2) is 12.7 Å². The van der Waals surface area contributed by atoms with Gasteiger partial charge in [-0.25, -0.2) is 0 Å². The Kier molecular flexibility index (Phi) is 5.24. The van der Waals surface area contributed by atoms with Gasteiger partial charge in [0, 0.05) is 5.92 Å². The largest absolute Gasteiger partial charge is 0.414 e. The van der Waals surface area contributed by atoms with Crippen LogP contribution >= 0.6 is 0 Å². The van der Waals surface area contributed by atoms with Crippen molar-refractivity contribution in [3.05, 3.63) is 12.7 Å². The molecule has 0 spiro atoms. The van der Waals surface area contributed by atoms with Crippen LogP contribution in [0.3, 0.4) is 0 Å². The molecule has 2 atom stereocenters. The summed E-state index contributed by atoms with van der Waals surface area (Å²) < 4.78 is 5.92. The van der Waals surface area contributed by atoms with E-state index < -0.39 is 14.4 Å². The average Bonchev–Trinajstić information content (AvgIpc) is 2.11. The molecule has 0 saturated heterocycles. The van der Waals surface area contributed by atoms with E-state index in [1.54, 1.807) is 6.08 Å². The SMILES string of the molecule is C=C[C@H](C)[C@H](O)CO[Si](C)(C)C(C)(C)C. The summed E-state index contributed by atoms with van der Waals surface area (Å²) in [4.78, 5) is 0. The lowest BCUT2D eigenvalue weighted by atomic mass is 10.1. The summed E-state index contributed by atoms with van der Waals surface area (Å²) in [6.45, 7) is 17.0. The van der Waals surface area contributed by atoms with E-state index in [4.69, 9.17) is 4.43 Å². The molecule has 0 unspecified atom stereocenters. The lowest BCUT2D eigenvalue weighted by Gasteiger charge is -2.37. The van der Waals surface area contributed by atoms with Crippen molar-refractivity contribution in [2.24, 2.45) is 5.92 Å². The first-order valence-corrected chi connectivity index (χ1v) is 8.47. The van der Waals surface area contributed by atoms with Crippen LogP contribution in [0.5, 0.6) is 0 Å². The lowest BCUT2D eigenvalue weighted by Crippen LogP contribution is -2.43. The van der Waals surface area contributed by atoms with Crippen molar-refractivity contribution in [3.8, 4) is 0 Å². The summed E-state index contributed by atoms with van der Waals surface area (Å²) in [5.41, 5.74) is 0. The van der Waals surface area contributed by atoms with Crippen molar-refractivity contribution in [2.75, 3.05) is 6.61 Å². The Morgan fingerprint density at radius 2 is 1.87 bits per heavy atom. The standard InChI is InChI=1S/C12H26O2Si/c1-8-10(2)11(13)9-14-15(6,7)12(3,4)5/h8,10-11,13H,1,9H2,2-7H3/t10-,11+/m0/s1. The summed E-state index contributed by atoms with van der Waals surface area (Å²) >= 11 is 0. The van der Waals surface area contributed by atoms with E-state index >= 15 is 0 Å². The Morgan fingerprint density at radius 1 is 1.40 bits per heavy atom. The first-order valence-electron chi connectivity index (χ1n) is 5.56. The molecule has 0 radical (unpaired) electrons. The fourth-order valence-corrected chi connectivity index (χ4v) is 1.84. The molecular weight excluding hydrogens is 204 g/mol. The van der Waals surface area contributed by atoms with Gasteiger partial charge in [0.25, 0.3) is 0 Å². The zero-order chi connectivity index (χ0) is 12.3. The van der Waals surface area contributed by atoms with Crippen LogP contribution in [0.25, 0.3) is 0 Å². The maximum absolute atomic E-state index is 9.77. The number of rotatable bonds is 5. The predicted molar refractivity (Wildman–Crippen MR) is 68.5 cm³/mol. The number of aliphatic hydroxyl groups is 1. The molecule has 1 N–H and O–H groups in total. The molecule has 90 valence electrons. The maximum atomic E-state index is 9.77. The van der Waals surface area contributed by atoms with Gasteiger partial charge in [-0.15, -0.1) is 6.58 Å². The number of aliphatic hydroxyl groups excluding tert-OH is 1. The molecule has 0 amide bonds. The van der Waals surface area contributed by atoms with Gasteiger partial charge < -0.3 is 9.53 Å². The van der Waals surface area contributed by atoms with Gasteiger partial charge in [0.2, 0.25) is 0 Å². The van der Waals surface area contributed by atoms with Crippen LogP contribution in [0, 0.1) is 5.92 Å². The summed E-state index contributed by atoms with van der Waals surface area (Å²) in [6.07, 6.45) is 1.33. The van der Waals surface area contributed by atoms with Crippen molar-refractivity contribution >= 4 is 8.32 Å². The zero-order valence-electron chi connectivity index (χ0n) is 11.0. The van der Waals surface area contributed by atoms with E-state index in [2.05, 4.69) is 40.4 Å². The minimum absolute atomic E-state index is 0.0924. The normalized spacial score (nSPS) is 17.3. The summed E-state index contributed by atoms with van der Waals surface area (Å²) in [5.74, 6) is 0.0924. The Bertz CT molecular complexity index is 206. The van der Waals surface area contributed by atoms with E-state index in [1.807, 2.05) is 6.92 Å². The second kappa shape index (κ2) is 5.28. The van der Waals surface area contributed by atoms with Crippen molar-refractivity contribution < 1.29 is 9.53 Å². The highest BCUT2D eigenvalue weighted by molar-refractivity contribution is 6.74. The van der Waals surface area contributed by atoms with Gasteiger partial charge in [0.15, 0.2) is 8.32 Å². The van der Waals surface area contributed by atoms with Crippen LogP contribution < -0.4 is 0 Å². The van der Waals surface area contributed by atoms with Gasteiger partial charge in [-0.05, 0) is 18.1 Å². The highest BCUT2D eigenvalue weighted by Gasteiger charge is 2.37. The van der Waals surface area contributed by atoms with E-state index in [1.165, 1.54) is 0 Å². The monoisotopic (exact) mass is 230 g/mol. The molecular formula is C12H26O2Si. The average molecular weight is 230 g/mol. The first-order chi connectivity index (χ1) is 6.62. The third-order valence-electron chi connectivity index (χ3n) is 3.40. The fourth-order valence-electron chi connectivity index (χ4n) is 0.819. The van der Waals surface area contributed by atoms with E-state index in [0.29, 0.717) is 6.61 Å². The number of hydrogen-bond donors (Lipinski definition) is 1. The molecule has 0 saturated carbocycles. The molecule has 0 rings (SSSR count). The maximum Gasteiger partial charge on any atom is 0.192 e. The van der Waals surface area contributed by atoms with Gasteiger partial charge >= 0.3 is 0 Å². The molecule has 0 aromatic carbocycles. The minimum atomic E-state index is -1.72. The molecule has 15 heavy (non-hydrogen) atoms. The molecule has 2 nitrogen and oxygen atoms in total. The Labute approximate surface area is 95.5 Å². The first kappa shape index (κ1) is 14.9. The highest BCUT2D eigenvalue weighted by atomic mass is 28.4. The topological polar surface area (TPSA) is 29.5 Å². The van der Waals surface area contributed by atoms with Crippen molar-refractivity contribution in [1.29, 1.82) is 0 Å². The van der Waals surface area contributed by atoms with Crippen LogP contribution in [0.1, 0.15) is 27.7 Å². The molecule has 0 aliphatic heterocycles. The Morgan fingerprint density at radius 3 is 2.20 bits per heavy atom. The molecule has 0 aliphatic rings. The third-order valence-corrected chi connectivity index (χ3v) is 7.90. The highest BCUT2D eigenvalue weighted by Crippen LogP contribution is 2.36. The van der Waals surface area contributed by atoms with Crippen molar-refractivity contribution in [2.45, 2.75) is 51.9 Å². The molecule has 0 aromatic heterocycles. The second-order valence-electron chi connectivity index (χ2n) is 5.73. The Hall–Kier alpha value is -0.123. The lowest BCUT2D eigenvalue weighted by molar-refractivity contribution is 0.0731. The van der Waals surface area contributed by atoms with E-state index in [0.717, 1.165) is 0 Å².